The molecule has 0 aromatic rings. The predicted octanol–water partition coefficient (Wildman–Crippen LogP) is 3.73. The van der Waals surface area contributed by atoms with Gasteiger partial charge >= 0.3 is 0 Å². The maximum absolute atomic E-state index is 6.08. The molecule has 0 amide bonds. The molecular weight excluding hydrogens is 200 g/mol. The van der Waals surface area contributed by atoms with Gasteiger partial charge in [-0.15, -0.1) is 0 Å². The van der Waals surface area contributed by atoms with Gasteiger partial charge < -0.3 is 4.74 Å². The van der Waals surface area contributed by atoms with E-state index in [1.165, 1.54) is 0 Å². The lowest BCUT2D eigenvalue weighted by Crippen LogP contribution is -2.41. The van der Waals surface area contributed by atoms with E-state index in [1.54, 1.807) is 0 Å². The molecule has 1 aliphatic heterocycles. The zero-order valence-corrected chi connectivity index (χ0v) is 11.0. The van der Waals surface area contributed by atoms with Gasteiger partial charge in [0.05, 0.1) is 11.7 Å². The van der Waals surface area contributed by atoms with Crippen LogP contribution in [0, 0.1) is 0 Å². The van der Waals surface area contributed by atoms with Gasteiger partial charge in [-0.3, -0.25) is 0 Å². The van der Waals surface area contributed by atoms with Gasteiger partial charge in [-0.1, -0.05) is 21.6 Å². The summed E-state index contributed by atoms with van der Waals surface area (Å²) < 4.78 is 6.33. The quantitative estimate of drug-likeness (QED) is 0.623. The van der Waals surface area contributed by atoms with Gasteiger partial charge in [0.25, 0.3) is 0 Å². The number of hydrogen-bond acceptors (Lipinski definition) is 3. The molecule has 1 nitrogen and oxygen atoms in total. The average Bonchev–Trinajstić information content (AvgIpc) is 2.13. The fourth-order valence-corrected chi connectivity index (χ4v) is 4.60. The summed E-state index contributed by atoms with van der Waals surface area (Å²) in [4.78, 5) is 0. The minimum absolute atomic E-state index is 0.0261. The highest BCUT2D eigenvalue weighted by Crippen LogP contribution is 2.52. The molecule has 13 heavy (non-hydrogen) atoms. The van der Waals surface area contributed by atoms with Gasteiger partial charge in [-0.05, 0) is 41.5 Å². The average molecular weight is 220 g/mol. The largest absolute Gasteiger partial charge is 0.370 e. The van der Waals surface area contributed by atoms with E-state index in [0.717, 1.165) is 0 Å². The summed E-state index contributed by atoms with van der Waals surface area (Å²) in [6, 6.07) is 0. The number of hydrogen-bond donors (Lipinski definition) is 0. The van der Waals surface area contributed by atoms with Crippen molar-refractivity contribution in [1.29, 1.82) is 0 Å². The van der Waals surface area contributed by atoms with E-state index in [2.05, 4.69) is 41.5 Å². The Morgan fingerprint density at radius 3 is 2.08 bits per heavy atom. The van der Waals surface area contributed by atoms with Crippen LogP contribution in [0.15, 0.2) is 0 Å². The zero-order valence-electron chi connectivity index (χ0n) is 9.38. The minimum atomic E-state index is -0.0261. The highest BCUT2D eigenvalue weighted by Gasteiger charge is 2.44. The topological polar surface area (TPSA) is 9.23 Å². The van der Waals surface area contributed by atoms with Gasteiger partial charge in [0.2, 0.25) is 0 Å². The molecule has 2 atom stereocenters. The van der Waals surface area contributed by atoms with Crippen LogP contribution >= 0.6 is 21.6 Å². The van der Waals surface area contributed by atoms with Gasteiger partial charge in [0, 0.05) is 10.00 Å². The second-order valence-corrected chi connectivity index (χ2v) is 8.37. The third-order valence-electron chi connectivity index (χ3n) is 2.01. The lowest BCUT2D eigenvalue weighted by Gasteiger charge is -2.33. The Bertz CT molecular complexity index is 184. The Balaban J connectivity index is 2.66. The normalized spacial score (nSPS) is 33.7. The van der Waals surface area contributed by atoms with Crippen LogP contribution < -0.4 is 0 Å². The third kappa shape index (κ3) is 3.07. The summed E-state index contributed by atoms with van der Waals surface area (Å²) in [5, 5.41) is 0.597. The van der Waals surface area contributed by atoms with E-state index >= 15 is 0 Å². The van der Waals surface area contributed by atoms with Crippen molar-refractivity contribution in [3.63, 3.8) is 0 Å². The molecule has 0 N–H and O–H groups in total. The molecule has 0 aromatic heterocycles. The summed E-state index contributed by atoms with van der Waals surface area (Å²) in [5.41, 5.74) is -0.0261. The molecular formula is C10H20OS2. The van der Waals surface area contributed by atoms with Gasteiger partial charge in [0.15, 0.2) is 0 Å². The van der Waals surface area contributed by atoms with Crippen LogP contribution in [0.4, 0.5) is 0 Å². The lowest BCUT2D eigenvalue weighted by atomic mass is 10.0. The van der Waals surface area contributed by atoms with E-state index in [4.69, 9.17) is 4.74 Å². The standard InChI is InChI=1S/C10H20OS2/c1-7-8(11-9(2,3)4)10(5,6)13-12-7/h7-8H,1-6H3. The monoisotopic (exact) mass is 220 g/mol. The molecule has 1 fully saturated rings. The molecule has 0 bridgehead atoms. The van der Waals surface area contributed by atoms with Crippen molar-refractivity contribution in [3.05, 3.63) is 0 Å². The minimum Gasteiger partial charge on any atom is -0.370 e. The van der Waals surface area contributed by atoms with Crippen LogP contribution in [-0.2, 0) is 4.74 Å². The summed E-state index contributed by atoms with van der Waals surface area (Å²) in [7, 11) is 3.89. The highest BCUT2D eigenvalue weighted by atomic mass is 33.1. The first kappa shape index (κ1) is 11.7. The Kier molecular flexibility index (Phi) is 3.31. The van der Waals surface area contributed by atoms with E-state index in [1.807, 2.05) is 21.6 Å². The molecule has 78 valence electrons. The Morgan fingerprint density at radius 2 is 1.77 bits per heavy atom. The fraction of sp³-hybridized carbons (Fsp3) is 1.00. The molecule has 0 radical (unpaired) electrons. The second-order valence-electron chi connectivity index (χ2n) is 5.14. The Hall–Kier alpha value is 0.660. The fourth-order valence-electron chi connectivity index (χ4n) is 1.48. The predicted molar refractivity (Wildman–Crippen MR) is 63.3 cm³/mol. The molecule has 0 saturated carbocycles. The molecule has 0 aromatic carbocycles. The molecule has 0 spiro atoms. The third-order valence-corrected chi connectivity index (χ3v) is 5.80. The summed E-state index contributed by atoms with van der Waals surface area (Å²) in [6.45, 7) is 13.2. The number of ether oxygens (including phenoxy) is 1. The zero-order chi connectivity index (χ0) is 10.3. The first-order chi connectivity index (χ1) is 5.72. The van der Waals surface area contributed by atoms with Gasteiger partial charge in [-0.2, -0.15) is 0 Å². The van der Waals surface area contributed by atoms with Crippen molar-refractivity contribution >= 4 is 21.6 Å². The smallest absolute Gasteiger partial charge is 0.0855 e. The summed E-state index contributed by atoms with van der Waals surface area (Å²) in [6.07, 6.45) is 0.363. The van der Waals surface area contributed by atoms with E-state index in [0.29, 0.717) is 11.4 Å². The summed E-state index contributed by atoms with van der Waals surface area (Å²) >= 11 is 0. The van der Waals surface area contributed by atoms with Crippen molar-refractivity contribution in [2.45, 2.75) is 63.2 Å². The van der Waals surface area contributed by atoms with Crippen LogP contribution in [-0.4, -0.2) is 21.7 Å². The van der Waals surface area contributed by atoms with Crippen LogP contribution in [0.25, 0.3) is 0 Å². The molecule has 0 aliphatic carbocycles. The van der Waals surface area contributed by atoms with E-state index in [-0.39, 0.29) is 10.3 Å². The van der Waals surface area contributed by atoms with Gasteiger partial charge in [-0.25, -0.2) is 0 Å². The van der Waals surface area contributed by atoms with Crippen molar-refractivity contribution in [2.24, 2.45) is 0 Å². The first-order valence-corrected chi connectivity index (χ1v) is 6.96. The molecule has 3 heteroatoms. The second kappa shape index (κ2) is 3.67. The molecule has 1 rings (SSSR count). The van der Waals surface area contributed by atoms with Crippen molar-refractivity contribution in [2.75, 3.05) is 0 Å². The summed E-state index contributed by atoms with van der Waals surface area (Å²) in [5.74, 6) is 0. The van der Waals surface area contributed by atoms with E-state index < -0.39 is 0 Å². The Labute approximate surface area is 89.8 Å². The first-order valence-electron chi connectivity index (χ1n) is 4.75. The maximum atomic E-state index is 6.08. The van der Waals surface area contributed by atoms with Crippen LogP contribution in [0.1, 0.15) is 41.5 Å². The molecule has 2 unspecified atom stereocenters. The molecule has 1 saturated heterocycles. The Morgan fingerprint density at radius 1 is 1.23 bits per heavy atom. The maximum Gasteiger partial charge on any atom is 0.0855 e. The lowest BCUT2D eigenvalue weighted by molar-refractivity contribution is -0.0686. The molecule has 1 heterocycles. The number of rotatable bonds is 1. The molecule has 1 aliphatic rings. The van der Waals surface area contributed by atoms with Crippen molar-refractivity contribution in [3.8, 4) is 0 Å². The van der Waals surface area contributed by atoms with Crippen LogP contribution in [0.5, 0.6) is 0 Å². The van der Waals surface area contributed by atoms with Crippen LogP contribution in [0.2, 0.25) is 0 Å². The van der Waals surface area contributed by atoms with Crippen LogP contribution in [0.3, 0.4) is 0 Å². The van der Waals surface area contributed by atoms with Gasteiger partial charge in [0.1, 0.15) is 0 Å². The van der Waals surface area contributed by atoms with E-state index in [9.17, 15) is 0 Å². The van der Waals surface area contributed by atoms with Crippen molar-refractivity contribution in [1.82, 2.24) is 0 Å². The SMILES string of the molecule is CC1SSC(C)(C)C1OC(C)(C)C. The highest BCUT2D eigenvalue weighted by molar-refractivity contribution is 8.77. The van der Waals surface area contributed by atoms with Crippen molar-refractivity contribution < 1.29 is 4.74 Å².